The molecule has 0 aliphatic carbocycles. The molecule has 1 aromatic carbocycles. The van der Waals surface area contributed by atoms with E-state index in [0.717, 1.165) is 40.0 Å². The van der Waals surface area contributed by atoms with Gasteiger partial charge in [0.15, 0.2) is 0 Å². The molecule has 34 heavy (non-hydrogen) atoms. The third-order valence-electron chi connectivity index (χ3n) is 6.90. The van der Waals surface area contributed by atoms with Gasteiger partial charge >= 0.3 is 0 Å². The van der Waals surface area contributed by atoms with Crippen molar-refractivity contribution in [1.29, 1.82) is 0 Å². The third-order valence-corrected chi connectivity index (χ3v) is 8.10. The zero-order valence-electron chi connectivity index (χ0n) is 18.7. The van der Waals surface area contributed by atoms with Crippen LogP contribution in [-0.2, 0) is 14.3 Å². The zero-order chi connectivity index (χ0) is 23.2. The fourth-order valence-corrected chi connectivity index (χ4v) is 6.51. The number of anilines is 2. The van der Waals surface area contributed by atoms with Gasteiger partial charge in [0.1, 0.15) is 10.6 Å². The van der Waals surface area contributed by atoms with Crippen molar-refractivity contribution in [2.45, 2.75) is 37.5 Å². The summed E-state index contributed by atoms with van der Waals surface area (Å²) in [5, 5.41) is 3.89. The molecule has 10 heteroatoms. The quantitative estimate of drug-likeness (QED) is 0.574. The Morgan fingerprint density at radius 3 is 2.74 bits per heavy atom. The van der Waals surface area contributed by atoms with E-state index >= 15 is 0 Å². The van der Waals surface area contributed by atoms with E-state index in [4.69, 9.17) is 36.8 Å². The summed E-state index contributed by atoms with van der Waals surface area (Å²) in [4.78, 5) is 27.1. The predicted molar refractivity (Wildman–Crippen MR) is 134 cm³/mol. The molecule has 5 heterocycles. The van der Waals surface area contributed by atoms with Crippen LogP contribution in [0.25, 0.3) is 21.3 Å². The summed E-state index contributed by atoms with van der Waals surface area (Å²) in [7, 11) is 0. The molecule has 3 aromatic rings. The third kappa shape index (κ3) is 3.90. The number of ether oxygens (including phenoxy) is 2. The van der Waals surface area contributed by atoms with Crippen molar-refractivity contribution >= 4 is 50.8 Å². The van der Waals surface area contributed by atoms with Crippen LogP contribution < -0.4 is 15.5 Å². The van der Waals surface area contributed by atoms with Gasteiger partial charge in [0.2, 0.25) is 11.9 Å². The summed E-state index contributed by atoms with van der Waals surface area (Å²) < 4.78 is 11.6. The second-order valence-corrected chi connectivity index (χ2v) is 10.4. The first-order valence-corrected chi connectivity index (χ1v) is 12.9. The number of nitrogens with two attached hydrogens (primary N) is 1. The number of hydrogen-bond acceptors (Lipinski definition) is 8. The monoisotopic (exact) mass is 499 g/mol. The number of hydrogen-bond donors (Lipinski definition) is 1. The van der Waals surface area contributed by atoms with E-state index in [0.29, 0.717) is 56.0 Å². The molecular weight excluding hydrogens is 474 g/mol. The van der Waals surface area contributed by atoms with Gasteiger partial charge in [-0.15, -0.1) is 11.3 Å². The number of carbonyl (C=O) groups is 1. The highest BCUT2D eigenvalue weighted by molar-refractivity contribution is 7.17. The molecule has 3 aliphatic heterocycles. The maximum Gasteiger partial charge on any atom is 0.228 e. The van der Waals surface area contributed by atoms with E-state index in [9.17, 15) is 4.79 Å². The number of thiophene rings is 1. The first-order chi connectivity index (χ1) is 16.6. The molecule has 3 unspecified atom stereocenters. The Balaban J connectivity index is 1.48. The molecule has 0 spiro atoms. The number of rotatable bonds is 5. The Kier molecular flexibility index (Phi) is 5.81. The van der Waals surface area contributed by atoms with Gasteiger partial charge in [0.25, 0.3) is 0 Å². The molecular formula is C24H26ClN5O3S. The molecule has 3 atom stereocenters. The van der Waals surface area contributed by atoms with Crippen LogP contribution in [0.15, 0.2) is 29.6 Å². The van der Waals surface area contributed by atoms with Crippen molar-refractivity contribution < 1.29 is 14.3 Å². The number of benzene rings is 1. The van der Waals surface area contributed by atoms with E-state index in [-0.39, 0.29) is 18.4 Å². The highest BCUT2D eigenvalue weighted by Gasteiger charge is 2.40. The minimum atomic E-state index is -0.364. The highest BCUT2D eigenvalue weighted by Crippen LogP contribution is 2.45. The lowest BCUT2D eigenvalue weighted by Crippen LogP contribution is -2.47. The number of halogens is 1. The Bertz CT molecular complexity index is 1220. The van der Waals surface area contributed by atoms with Crippen LogP contribution in [0, 0.1) is 0 Å². The van der Waals surface area contributed by atoms with Gasteiger partial charge in [-0.1, -0.05) is 29.8 Å². The summed E-state index contributed by atoms with van der Waals surface area (Å²) in [5.74, 6) is 1.25. The lowest BCUT2D eigenvalue weighted by molar-refractivity contribution is -0.121. The summed E-state index contributed by atoms with van der Waals surface area (Å²) in [6, 6.07) is 8.52. The van der Waals surface area contributed by atoms with Crippen LogP contribution in [0.4, 0.5) is 11.8 Å². The van der Waals surface area contributed by atoms with Crippen LogP contribution in [0.1, 0.15) is 19.3 Å². The average molecular weight is 500 g/mol. The van der Waals surface area contributed by atoms with Gasteiger partial charge in [-0.3, -0.25) is 4.79 Å². The Hall–Kier alpha value is -2.46. The van der Waals surface area contributed by atoms with Gasteiger partial charge in [0.05, 0.1) is 49.8 Å². The maximum absolute atomic E-state index is 11.5. The molecule has 1 amide bonds. The number of fused-ring (bicyclic) bond motifs is 3. The highest BCUT2D eigenvalue weighted by atomic mass is 35.5. The zero-order valence-corrected chi connectivity index (χ0v) is 20.2. The molecule has 2 aromatic heterocycles. The number of carbonyl (C=O) groups excluding carboxylic acids is 1. The SMILES string of the molecule is NC(=O)CC1CN(c2nc(N3C4CCC3COC4)c3c(-c4ccccc4Cl)csc3n2)CCO1. The molecule has 0 saturated carbocycles. The summed E-state index contributed by atoms with van der Waals surface area (Å²) in [6.07, 6.45) is 2.12. The molecule has 3 saturated heterocycles. The van der Waals surface area contributed by atoms with Crippen molar-refractivity contribution in [1.82, 2.24) is 9.97 Å². The largest absolute Gasteiger partial charge is 0.377 e. The Labute approximate surface area is 206 Å². The van der Waals surface area contributed by atoms with Crippen LogP contribution in [-0.4, -0.2) is 67.0 Å². The summed E-state index contributed by atoms with van der Waals surface area (Å²) in [6.45, 7) is 3.13. The van der Waals surface area contributed by atoms with E-state index in [1.54, 1.807) is 11.3 Å². The summed E-state index contributed by atoms with van der Waals surface area (Å²) in [5.41, 5.74) is 7.46. The van der Waals surface area contributed by atoms with Crippen molar-refractivity contribution in [3.8, 4) is 11.1 Å². The van der Waals surface area contributed by atoms with Crippen molar-refractivity contribution in [2.24, 2.45) is 5.73 Å². The first-order valence-electron chi connectivity index (χ1n) is 11.6. The van der Waals surface area contributed by atoms with E-state index in [1.807, 2.05) is 24.3 Å². The number of aromatic nitrogens is 2. The number of nitrogens with zero attached hydrogens (tertiary/aromatic N) is 4. The molecule has 8 nitrogen and oxygen atoms in total. The van der Waals surface area contributed by atoms with Crippen LogP contribution >= 0.6 is 22.9 Å². The fourth-order valence-electron chi connectivity index (χ4n) is 5.34. The van der Waals surface area contributed by atoms with Gasteiger partial charge in [-0.2, -0.15) is 4.98 Å². The molecule has 3 aliphatic rings. The average Bonchev–Trinajstić information content (AvgIpc) is 3.36. The van der Waals surface area contributed by atoms with Gasteiger partial charge in [-0.05, 0) is 18.9 Å². The second-order valence-electron chi connectivity index (χ2n) is 9.10. The maximum atomic E-state index is 11.5. The molecule has 178 valence electrons. The van der Waals surface area contributed by atoms with Gasteiger partial charge in [0, 0.05) is 34.6 Å². The van der Waals surface area contributed by atoms with Crippen LogP contribution in [0.3, 0.4) is 0 Å². The minimum Gasteiger partial charge on any atom is -0.377 e. The van der Waals surface area contributed by atoms with Crippen molar-refractivity contribution in [3.05, 3.63) is 34.7 Å². The molecule has 3 fully saturated rings. The number of amides is 1. The lowest BCUT2D eigenvalue weighted by atomic mass is 10.1. The van der Waals surface area contributed by atoms with Gasteiger partial charge in [-0.25, -0.2) is 4.98 Å². The second kappa shape index (κ2) is 8.96. The molecule has 6 rings (SSSR count). The topological polar surface area (TPSA) is 93.8 Å². The van der Waals surface area contributed by atoms with Crippen LogP contribution in [0.2, 0.25) is 5.02 Å². The normalized spacial score (nSPS) is 24.7. The van der Waals surface area contributed by atoms with Gasteiger partial charge < -0.3 is 25.0 Å². The Morgan fingerprint density at radius 2 is 1.97 bits per heavy atom. The molecule has 2 N–H and O–H groups in total. The first kappa shape index (κ1) is 22.0. The number of primary amides is 1. The Morgan fingerprint density at radius 1 is 1.18 bits per heavy atom. The van der Waals surface area contributed by atoms with E-state index in [1.165, 1.54) is 0 Å². The standard InChI is InChI=1S/C24H26ClN5O3S/c25-19-4-2-1-3-17(19)18-13-34-23-21(18)22(30-14-5-6-15(30)12-32-11-14)27-24(28-23)29-7-8-33-16(10-29)9-20(26)31/h1-4,13-16H,5-12H2,(H2,26,31). The lowest BCUT2D eigenvalue weighted by Gasteiger charge is -2.37. The number of morpholine rings is 2. The van der Waals surface area contributed by atoms with Crippen molar-refractivity contribution in [2.75, 3.05) is 42.7 Å². The smallest absolute Gasteiger partial charge is 0.228 e. The molecule has 0 radical (unpaired) electrons. The minimum absolute atomic E-state index is 0.189. The molecule has 2 bridgehead atoms. The van der Waals surface area contributed by atoms with E-state index in [2.05, 4.69) is 15.2 Å². The van der Waals surface area contributed by atoms with Crippen LogP contribution in [0.5, 0.6) is 0 Å². The summed E-state index contributed by atoms with van der Waals surface area (Å²) >= 11 is 8.21. The fraction of sp³-hybridized carbons (Fsp3) is 0.458. The van der Waals surface area contributed by atoms with E-state index < -0.39 is 0 Å². The van der Waals surface area contributed by atoms with Crippen molar-refractivity contribution in [3.63, 3.8) is 0 Å². The predicted octanol–water partition coefficient (Wildman–Crippen LogP) is 3.46.